The first-order valence-corrected chi connectivity index (χ1v) is 13.9. The number of rotatable bonds is 4. The number of hydrogen-bond donors (Lipinski definition) is 3. The van der Waals surface area contributed by atoms with Crippen molar-refractivity contribution < 1.29 is 20.1 Å². The van der Waals surface area contributed by atoms with Crippen LogP contribution < -0.4 is 0 Å². The van der Waals surface area contributed by atoms with Crippen molar-refractivity contribution in [3.63, 3.8) is 0 Å². The highest BCUT2D eigenvalue weighted by Crippen LogP contribution is 2.66. The van der Waals surface area contributed by atoms with E-state index in [0.29, 0.717) is 22.5 Å². The molecular formula is C26H48O4S. The average molecular weight is 457 g/mol. The minimum atomic E-state index is -0.641. The summed E-state index contributed by atoms with van der Waals surface area (Å²) in [6, 6.07) is 0. The number of thioether (sulfide) groups is 1. The molecule has 0 bridgehead atoms. The van der Waals surface area contributed by atoms with Gasteiger partial charge in [-0.25, -0.2) is 0 Å². The number of aliphatic hydroxyl groups excluding tert-OH is 2. The van der Waals surface area contributed by atoms with Gasteiger partial charge in [-0.1, -0.05) is 27.7 Å². The second-order valence-corrected chi connectivity index (χ2v) is 11.9. The zero-order valence-corrected chi connectivity index (χ0v) is 21.4. The summed E-state index contributed by atoms with van der Waals surface area (Å²) in [4.78, 5) is 10.9. The summed E-state index contributed by atoms with van der Waals surface area (Å²) in [6.45, 7) is 9.11. The van der Waals surface area contributed by atoms with Gasteiger partial charge in [-0.15, -0.1) is 0 Å². The van der Waals surface area contributed by atoms with Crippen LogP contribution >= 0.6 is 11.8 Å². The molecule has 3 aliphatic carbocycles. The van der Waals surface area contributed by atoms with Crippen LogP contribution in [0.1, 0.15) is 98.3 Å². The lowest BCUT2D eigenvalue weighted by Crippen LogP contribution is -2.50. The van der Waals surface area contributed by atoms with Crippen LogP contribution in [-0.4, -0.2) is 45.5 Å². The van der Waals surface area contributed by atoms with E-state index < -0.39 is 5.97 Å². The van der Waals surface area contributed by atoms with E-state index in [0.717, 1.165) is 56.5 Å². The number of aliphatic carboxylic acids is 1. The molecular weight excluding hydrogens is 408 g/mol. The van der Waals surface area contributed by atoms with Crippen LogP contribution in [0.25, 0.3) is 0 Å². The van der Waals surface area contributed by atoms with E-state index in [9.17, 15) is 9.90 Å². The molecule has 0 amide bonds. The molecule has 0 radical (unpaired) electrons. The second-order valence-electron chi connectivity index (χ2n) is 10.6. The first-order valence-electron chi connectivity index (χ1n) is 12.8. The van der Waals surface area contributed by atoms with Gasteiger partial charge in [0.05, 0.1) is 6.10 Å². The van der Waals surface area contributed by atoms with Crippen molar-refractivity contribution in [1.29, 1.82) is 0 Å². The lowest BCUT2D eigenvalue weighted by Gasteiger charge is -2.56. The SMILES string of the molecule is CC.CO.C[C@]12CCC3[C@@H](CCS[C@H]4C[C@H](O)CC[C@]34C)C1CC[C@@H]2CCCC(=O)O. The van der Waals surface area contributed by atoms with Gasteiger partial charge in [0.2, 0.25) is 0 Å². The number of carboxylic acid groups (broad SMARTS) is 1. The van der Waals surface area contributed by atoms with Gasteiger partial charge in [0.1, 0.15) is 0 Å². The van der Waals surface area contributed by atoms with Crippen molar-refractivity contribution in [1.82, 2.24) is 0 Å². The molecule has 0 aromatic carbocycles. The lowest BCUT2D eigenvalue weighted by atomic mass is 9.50. The Morgan fingerprint density at radius 1 is 0.968 bits per heavy atom. The molecule has 3 saturated carbocycles. The Morgan fingerprint density at radius 2 is 1.61 bits per heavy atom. The third kappa shape index (κ3) is 5.46. The summed E-state index contributed by atoms with van der Waals surface area (Å²) in [7, 11) is 1.00. The van der Waals surface area contributed by atoms with Gasteiger partial charge >= 0.3 is 5.97 Å². The van der Waals surface area contributed by atoms with Gasteiger partial charge in [-0.05, 0) is 104 Å². The molecule has 0 spiro atoms. The molecule has 4 fully saturated rings. The zero-order valence-electron chi connectivity index (χ0n) is 20.6. The topological polar surface area (TPSA) is 77.8 Å². The van der Waals surface area contributed by atoms with Crippen LogP contribution in [0.3, 0.4) is 0 Å². The smallest absolute Gasteiger partial charge is 0.303 e. The highest BCUT2D eigenvalue weighted by Gasteiger charge is 2.58. The standard InChI is InChI=1S/C23H38O3S.C2H6.CH4O/c1-22-12-9-19-17(18(22)7-6-15(22)4-3-5-21(25)26)10-13-27-20-14-16(24)8-11-23(19,20)2;2*1-2/h15-20,24H,3-14H2,1-2H3,(H,25,26);1-2H3;2H,1H3/t15-,16+,17-,18?,19?,20-,22+,23+;;/m0../s1. The fraction of sp³-hybridized carbons (Fsp3) is 0.962. The number of hydrogen-bond acceptors (Lipinski definition) is 4. The molecule has 4 rings (SSSR count). The van der Waals surface area contributed by atoms with E-state index in [1.165, 1.54) is 44.3 Å². The molecule has 0 aromatic heterocycles. The summed E-state index contributed by atoms with van der Waals surface area (Å²) in [5, 5.41) is 26.9. The molecule has 1 aliphatic heterocycles. The zero-order chi connectivity index (χ0) is 23.2. The van der Waals surface area contributed by atoms with Crippen LogP contribution in [0.4, 0.5) is 0 Å². The summed E-state index contributed by atoms with van der Waals surface area (Å²) in [5.74, 6) is 3.89. The Balaban J connectivity index is 0.000000807. The van der Waals surface area contributed by atoms with E-state index in [1.807, 2.05) is 13.8 Å². The number of fused-ring (bicyclic) bond motifs is 5. The number of carbonyl (C=O) groups is 1. The van der Waals surface area contributed by atoms with Gasteiger partial charge in [-0.2, -0.15) is 11.8 Å². The first kappa shape index (κ1) is 27.0. The van der Waals surface area contributed by atoms with E-state index >= 15 is 0 Å². The normalized spacial score (nSPS) is 43.6. The molecule has 2 unspecified atom stereocenters. The Bertz CT molecular complexity index is 570. The predicted molar refractivity (Wildman–Crippen MR) is 130 cm³/mol. The van der Waals surface area contributed by atoms with Crippen molar-refractivity contribution in [3.8, 4) is 0 Å². The van der Waals surface area contributed by atoms with Crippen molar-refractivity contribution in [2.45, 2.75) is 110 Å². The van der Waals surface area contributed by atoms with Crippen LogP contribution in [0.5, 0.6) is 0 Å². The second kappa shape index (κ2) is 11.7. The third-order valence-electron chi connectivity index (χ3n) is 9.43. The maximum Gasteiger partial charge on any atom is 0.303 e. The van der Waals surface area contributed by atoms with Gasteiger partial charge in [0.15, 0.2) is 0 Å². The Labute approximate surface area is 195 Å². The van der Waals surface area contributed by atoms with Gasteiger partial charge in [0.25, 0.3) is 0 Å². The minimum Gasteiger partial charge on any atom is -0.481 e. The molecule has 8 atom stereocenters. The maximum atomic E-state index is 10.9. The molecule has 3 N–H and O–H groups in total. The summed E-state index contributed by atoms with van der Waals surface area (Å²) < 4.78 is 0. The predicted octanol–water partition coefficient (Wildman–Crippen LogP) is 5.99. The van der Waals surface area contributed by atoms with Crippen molar-refractivity contribution >= 4 is 17.7 Å². The fourth-order valence-corrected chi connectivity index (χ4v) is 9.62. The Morgan fingerprint density at radius 3 is 2.29 bits per heavy atom. The van der Waals surface area contributed by atoms with Gasteiger partial charge in [-0.3, -0.25) is 4.79 Å². The molecule has 5 heteroatoms. The third-order valence-corrected chi connectivity index (χ3v) is 11.0. The van der Waals surface area contributed by atoms with Crippen LogP contribution in [0.2, 0.25) is 0 Å². The quantitative estimate of drug-likeness (QED) is 0.484. The lowest BCUT2D eigenvalue weighted by molar-refractivity contribution is -0.137. The van der Waals surface area contributed by atoms with Crippen molar-refractivity contribution in [2.24, 2.45) is 34.5 Å². The number of aliphatic hydroxyl groups is 2. The van der Waals surface area contributed by atoms with Gasteiger partial charge in [0, 0.05) is 18.8 Å². The van der Waals surface area contributed by atoms with Crippen LogP contribution in [0.15, 0.2) is 0 Å². The molecule has 4 nitrogen and oxygen atoms in total. The highest BCUT2D eigenvalue weighted by atomic mass is 32.2. The van der Waals surface area contributed by atoms with E-state index in [2.05, 4.69) is 25.6 Å². The summed E-state index contributed by atoms with van der Waals surface area (Å²) in [5.41, 5.74) is 0.850. The van der Waals surface area contributed by atoms with E-state index in [4.69, 9.17) is 10.2 Å². The number of carboxylic acids is 1. The Hall–Kier alpha value is -0.260. The van der Waals surface area contributed by atoms with Crippen molar-refractivity contribution in [2.75, 3.05) is 12.9 Å². The van der Waals surface area contributed by atoms with Crippen LogP contribution in [0, 0.1) is 34.5 Å². The molecule has 1 heterocycles. The monoisotopic (exact) mass is 456 g/mol. The maximum absolute atomic E-state index is 10.9. The Kier molecular flexibility index (Phi) is 10.2. The molecule has 1 saturated heterocycles. The molecule has 0 aromatic rings. The van der Waals surface area contributed by atoms with Gasteiger partial charge < -0.3 is 15.3 Å². The molecule has 4 aliphatic rings. The highest BCUT2D eigenvalue weighted by molar-refractivity contribution is 7.99. The molecule has 182 valence electrons. The minimum absolute atomic E-state index is 0.0777. The summed E-state index contributed by atoms with van der Waals surface area (Å²) >= 11 is 2.16. The first-order chi connectivity index (χ1) is 14.8. The largest absolute Gasteiger partial charge is 0.481 e. The fourth-order valence-electron chi connectivity index (χ4n) is 7.89. The van der Waals surface area contributed by atoms with E-state index in [1.54, 1.807) is 0 Å². The van der Waals surface area contributed by atoms with Crippen molar-refractivity contribution in [3.05, 3.63) is 0 Å². The van der Waals surface area contributed by atoms with Crippen LogP contribution in [-0.2, 0) is 4.79 Å². The average Bonchev–Trinajstić information content (AvgIpc) is 3.02. The van der Waals surface area contributed by atoms with E-state index in [-0.39, 0.29) is 6.10 Å². The summed E-state index contributed by atoms with van der Waals surface area (Å²) in [6.07, 6.45) is 12.2. The molecule has 31 heavy (non-hydrogen) atoms.